The molecule has 0 saturated heterocycles. The zero-order valence-electron chi connectivity index (χ0n) is 9.48. The van der Waals surface area contributed by atoms with Gasteiger partial charge in [0.15, 0.2) is 6.61 Å². The van der Waals surface area contributed by atoms with Crippen LogP contribution in [0.25, 0.3) is 0 Å². The second-order valence-electron chi connectivity index (χ2n) is 3.43. The molecule has 17 heavy (non-hydrogen) atoms. The lowest BCUT2D eigenvalue weighted by Crippen LogP contribution is -2.40. The van der Waals surface area contributed by atoms with E-state index in [0.29, 0.717) is 12.2 Å². The summed E-state index contributed by atoms with van der Waals surface area (Å²) in [6.07, 6.45) is 0.458. The smallest absolute Gasteiger partial charge is 0.258 e. The van der Waals surface area contributed by atoms with Crippen LogP contribution in [0.4, 0.5) is 0 Å². The molecule has 0 heterocycles. The van der Waals surface area contributed by atoms with E-state index in [1.807, 2.05) is 18.2 Å². The van der Waals surface area contributed by atoms with Gasteiger partial charge in [0.2, 0.25) is 5.24 Å². The quantitative estimate of drug-likeness (QED) is 0.788. The average Bonchev–Trinajstić information content (AvgIpc) is 2.34. The number of hydrogen-bond donors (Lipinski definition) is 1. The van der Waals surface area contributed by atoms with Gasteiger partial charge in [-0.2, -0.15) is 0 Å². The van der Waals surface area contributed by atoms with E-state index in [1.54, 1.807) is 19.1 Å². The number of para-hydroxylation sites is 1. The Hall–Kier alpha value is -1.55. The molecule has 0 spiro atoms. The molecular weight excluding hydrogens is 242 g/mol. The van der Waals surface area contributed by atoms with Crippen molar-refractivity contribution >= 4 is 22.8 Å². The largest absolute Gasteiger partial charge is 0.484 e. The molecule has 4 nitrogen and oxygen atoms in total. The van der Waals surface area contributed by atoms with Crippen molar-refractivity contribution in [2.24, 2.45) is 0 Å². The summed E-state index contributed by atoms with van der Waals surface area (Å²) < 4.78 is 5.23. The molecule has 1 rings (SSSR count). The number of ether oxygens (including phenoxy) is 1. The molecule has 1 aromatic rings. The summed E-state index contributed by atoms with van der Waals surface area (Å²) in [5.74, 6) is 0.239. The normalized spacial score (nSPS) is 11.6. The van der Waals surface area contributed by atoms with E-state index >= 15 is 0 Å². The molecule has 0 bridgehead atoms. The van der Waals surface area contributed by atoms with Gasteiger partial charge >= 0.3 is 0 Å². The van der Waals surface area contributed by atoms with Crippen molar-refractivity contribution in [3.63, 3.8) is 0 Å². The van der Waals surface area contributed by atoms with E-state index < -0.39 is 11.3 Å². The molecule has 1 unspecified atom stereocenters. The first-order valence-corrected chi connectivity index (χ1v) is 5.67. The maximum Gasteiger partial charge on any atom is 0.258 e. The second-order valence-corrected chi connectivity index (χ2v) is 3.81. The van der Waals surface area contributed by atoms with Gasteiger partial charge in [-0.15, -0.1) is 0 Å². The first-order chi connectivity index (χ1) is 8.13. The molecule has 0 aliphatic heterocycles. The molecule has 1 atom stereocenters. The molecule has 1 aromatic carbocycles. The Morgan fingerprint density at radius 1 is 1.35 bits per heavy atom. The number of carbonyl (C=O) groups is 2. The Bertz CT molecular complexity index is 381. The van der Waals surface area contributed by atoms with Crippen LogP contribution >= 0.6 is 11.6 Å². The van der Waals surface area contributed by atoms with Crippen LogP contribution in [-0.4, -0.2) is 23.8 Å². The van der Waals surface area contributed by atoms with Gasteiger partial charge in [0.1, 0.15) is 11.8 Å². The fourth-order valence-corrected chi connectivity index (χ4v) is 1.43. The van der Waals surface area contributed by atoms with Gasteiger partial charge in [-0.1, -0.05) is 25.1 Å². The van der Waals surface area contributed by atoms with Crippen molar-refractivity contribution in [1.29, 1.82) is 0 Å². The molecule has 0 aromatic heterocycles. The highest BCUT2D eigenvalue weighted by Crippen LogP contribution is 2.07. The molecule has 5 heteroatoms. The molecule has 0 aliphatic rings. The van der Waals surface area contributed by atoms with Gasteiger partial charge < -0.3 is 10.1 Å². The van der Waals surface area contributed by atoms with Crippen molar-refractivity contribution in [1.82, 2.24) is 5.32 Å². The zero-order valence-corrected chi connectivity index (χ0v) is 10.2. The van der Waals surface area contributed by atoms with Crippen LogP contribution in [-0.2, 0) is 9.59 Å². The van der Waals surface area contributed by atoms with E-state index in [1.165, 1.54) is 0 Å². The summed E-state index contributed by atoms with van der Waals surface area (Å²) in [4.78, 5) is 22.3. The number of halogens is 1. The van der Waals surface area contributed by atoms with Crippen LogP contribution in [0, 0.1) is 0 Å². The Kier molecular flexibility index (Phi) is 5.49. The number of carbonyl (C=O) groups excluding carboxylic acids is 2. The molecule has 1 amide bonds. The van der Waals surface area contributed by atoms with Crippen LogP contribution < -0.4 is 10.1 Å². The minimum atomic E-state index is -0.649. The van der Waals surface area contributed by atoms with Gasteiger partial charge in [0, 0.05) is 0 Å². The first-order valence-electron chi connectivity index (χ1n) is 5.30. The fraction of sp³-hybridized carbons (Fsp3) is 0.333. The first kappa shape index (κ1) is 13.5. The lowest BCUT2D eigenvalue weighted by Gasteiger charge is -2.12. The minimum Gasteiger partial charge on any atom is -0.484 e. The molecule has 92 valence electrons. The van der Waals surface area contributed by atoms with Gasteiger partial charge in [-0.25, -0.2) is 0 Å². The van der Waals surface area contributed by atoms with Crippen LogP contribution in [0.3, 0.4) is 0 Å². The third kappa shape index (κ3) is 4.87. The SMILES string of the molecule is CCC(NC(=O)COc1ccccc1)C(=O)Cl. The van der Waals surface area contributed by atoms with Crippen molar-refractivity contribution in [2.45, 2.75) is 19.4 Å². The van der Waals surface area contributed by atoms with Crippen LogP contribution in [0.15, 0.2) is 30.3 Å². The predicted molar refractivity (Wildman–Crippen MR) is 65.0 cm³/mol. The van der Waals surface area contributed by atoms with Gasteiger partial charge in [-0.3, -0.25) is 9.59 Å². The summed E-state index contributed by atoms with van der Waals surface area (Å²) in [7, 11) is 0. The molecular formula is C12H14ClNO3. The summed E-state index contributed by atoms with van der Waals surface area (Å²) >= 11 is 5.31. The van der Waals surface area contributed by atoms with E-state index in [4.69, 9.17) is 16.3 Å². The summed E-state index contributed by atoms with van der Waals surface area (Å²) in [5, 5.41) is 1.92. The number of hydrogen-bond acceptors (Lipinski definition) is 3. The highest BCUT2D eigenvalue weighted by Gasteiger charge is 2.16. The molecule has 1 N–H and O–H groups in total. The van der Waals surface area contributed by atoms with E-state index in [2.05, 4.69) is 5.32 Å². The van der Waals surface area contributed by atoms with E-state index in [9.17, 15) is 9.59 Å². The number of nitrogens with one attached hydrogen (secondary N) is 1. The van der Waals surface area contributed by atoms with E-state index in [0.717, 1.165) is 0 Å². The van der Waals surface area contributed by atoms with Crippen molar-refractivity contribution in [2.75, 3.05) is 6.61 Å². The van der Waals surface area contributed by atoms with E-state index in [-0.39, 0.29) is 12.5 Å². The highest BCUT2D eigenvalue weighted by atomic mass is 35.5. The Labute approximate surface area is 105 Å². The molecule has 0 saturated carbocycles. The second kappa shape index (κ2) is 6.91. The standard InChI is InChI=1S/C12H14ClNO3/c1-2-10(12(13)16)14-11(15)8-17-9-6-4-3-5-7-9/h3-7,10H,2,8H2,1H3,(H,14,15). The lowest BCUT2D eigenvalue weighted by molar-refractivity contribution is -0.126. The zero-order chi connectivity index (χ0) is 12.7. The Morgan fingerprint density at radius 2 is 2.00 bits per heavy atom. The lowest BCUT2D eigenvalue weighted by atomic mass is 10.2. The Balaban J connectivity index is 2.37. The van der Waals surface area contributed by atoms with Gasteiger partial charge in [-0.05, 0) is 30.2 Å². The van der Waals surface area contributed by atoms with Crippen LogP contribution in [0.1, 0.15) is 13.3 Å². The number of rotatable bonds is 6. The van der Waals surface area contributed by atoms with Crippen molar-refractivity contribution < 1.29 is 14.3 Å². The monoisotopic (exact) mass is 255 g/mol. The maximum atomic E-state index is 11.4. The summed E-state index contributed by atoms with van der Waals surface area (Å²) in [5.41, 5.74) is 0. The van der Waals surface area contributed by atoms with Crippen molar-refractivity contribution in [3.8, 4) is 5.75 Å². The third-order valence-electron chi connectivity index (χ3n) is 2.13. The summed E-state index contributed by atoms with van der Waals surface area (Å²) in [6.45, 7) is 1.63. The summed E-state index contributed by atoms with van der Waals surface area (Å²) in [6, 6.07) is 8.32. The fourth-order valence-electron chi connectivity index (χ4n) is 1.22. The molecule has 0 aliphatic carbocycles. The Morgan fingerprint density at radius 3 is 2.53 bits per heavy atom. The van der Waals surface area contributed by atoms with Crippen molar-refractivity contribution in [3.05, 3.63) is 30.3 Å². The maximum absolute atomic E-state index is 11.4. The predicted octanol–water partition coefficient (Wildman–Crippen LogP) is 1.73. The minimum absolute atomic E-state index is 0.134. The third-order valence-corrected chi connectivity index (χ3v) is 2.39. The number of benzene rings is 1. The number of amides is 1. The highest BCUT2D eigenvalue weighted by molar-refractivity contribution is 6.64. The van der Waals surface area contributed by atoms with Crippen LogP contribution in [0.2, 0.25) is 0 Å². The van der Waals surface area contributed by atoms with Crippen LogP contribution in [0.5, 0.6) is 5.75 Å². The average molecular weight is 256 g/mol. The topological polar surface area (TPSA) is 55.4 Å². The van der Waals surface area contributed by atoms with Gasteiger partial charge in [0.05, 0.1) is 0 Å². The molecule has 0 radical (unpaired) electrons. The van der Waals surface area contributed by atoms with Gasteiger partial charge in [0.25, 0.3) is 5.91 Å². The molecule has 0 fully saturated rings.